The number of carbonyl (C=O) groups excluding carboxylic acids is 2. The molecule has 0 aliphatic rings. The number of hydrogen-bond donors (Lipinski definition) is 1. The average Bonchev–Trinajstić information content (AvgIpc) is 2.65. The van der Waals surface area contributed by atoms with Gasteiger partial charge in [0.2, 0.25) is 0 Å². The number of esters is 2. The normalized spacial score (nSPS) is 10.0. The number of nitrogens with one attached hydrogen (secondary N) is 1. The van der Waals surface area contributed by atoms with Gasteiger partial charge in [-0.05, 0) is 46.2 Å². The maximum absolute atomic E-state index is 11.1. The number of hydrogen-bond acceptors (Lipinski definition) is 4. The topological polar surface area (TPSA) is 55.4 Å². The van der Waals surface area contributed by atoms with Crippen molar-refractivity contribution in [3.05, 3.63) is 12.2 Å². The summed E-state index contributed by atoms with van der Waals surface area (Å²) in [6.07, 6.45) is 22.3. The van der Waals surface area contributed by atoms with Crippen molar-refractivity contribution in [1.29, 1.82) is 0 Å². The molecule has 0 atom stereocenters. The molecule has 0 bridgehead atoms. The van der Waals surface area contributed by atoms with Crippen LogP contribution >= 0.6 is 0 Å². The first kappa shape index (κ1) is 32.5. The lowest BCUT2D eigenvalue weighted by Gasteiger charge is -2.01. The Labute approximate surface area is 182 Å². The molecule has 0 aromatic rings. The van der Waals surface area contributed by atoms with Crippen LogP contribution in [0.1, 0.15) is 124 Å². The third-order valence-electron chi connectivity index (χ3n) is 3.90. The molecule has 0 aromatic carbocycles. The molecule has 0 amide bonds. The highest BCUT2D eigenvalue weighted by Gasteiger charge is 2.04. The van der Waals surface area contributed by atoms with Crippen LogP contribution in [0.25, 0.3) is 0 Å². The molecule has 0 aromatic heterocycles. The summed E-state index contributed by atoms with van der Waals surface area (Å²) in [5, 5.41) is 2.75. The van der Waals surface area contributed by atoms with Crippen LogP contribution in [0.2, 0.25) is 0 Å². The van der Waals surface area contributed by atoms with Crippen molar-refractivity contribution in [2.24, 2.45) is 0 Å². The minimum absolute atomic E-state index is 0.359. The number of rotatable bonds is 15. The maximum Gasteiger partial charge on any atom is 0.313 e. The van der Waals surface area contributed by atoms with E-state index in [1.54, 1.807) is 0 Å². The lowest BCUT2D eigenvalue weighted by molar-refractivity contribution is -0.158. The molecule has 4 nitrogen and oxygen atoms in total. The maximum atomic E-state index is 11.1. The molecule has 0 aliphatic heterocycles. The molecule has 0 saturated heterocycles. The van der Waals surface area contributed by atoms with E-state index in [0.717, 1.165) is 19.3 Å². The molecule has 29 heavy (non-hydrogen) atoms. The van der Waals surface area contributed by atoms with Gasteiger partial charge < -0.3 is 10.1 Å². The summed E-state index contributed by atoms with van der Waals surface area (Å²) in [4.78, 5) is 21.7. The van der Waals surface area contributed by atoms with E-state index >= 15 is 0 Å². The van der Waals surface area contributed by atoms with E-state index in [1.807, 2.05) is 14.1 Å². The highest BCUT2D eigenvalue weighted by atomic mass is 16.6. The highest BCUT2D eigenvalue weighted by Crippen LogP contribution is 2.10. The summed E-state index contributed by atoms with van der Waals surface area (Å²) in [7, 11) is 3.75. The van der Waals surface area contributed by atoms with Crippen molar-refractivity contribution in [3.8, 4) is 0 Å². The lowest BCUT2D eigenvalue weighted by Crippen LogP contribution is -2.08. The van der Waals surface area contributed by atoms with Crippen LogP contribution < -0.4 is 5.32 Å². The fourth-order valence-corrected chi connectivity index (χ4v) is 2.55. The molecule has 0 heterocycles. The molecule has 0 spiro atoms. The average molecular weight is 414 g/mol. The smallest absolute Gasteiger partial charge is 0.313 e. The van der Waals surface area contributed by atoms with E-state index in [0.29, 0.717) is 6.42 Å². The number of carbonyl (C=O) groups is 2. The van der Waals surface area contributed by atoms with E-state index in [2.05, 4.69) is 43.0 Å². The predicted molar refractivity (Wildman–Crippen MR) is 127 cm³/mol. The van der Waals surface area contributed by atoms with Gasteiger partial charge in [0.25, 0.3) is 0 Å². The molecular formula is C25H51NO3. The van der Waals surface area contributed by atoms with E-state index in [1.165, 1.54) is 77.6 Å². The van der Waals surface area contributed by atoms with E-state index < -0.39 is 11.9 Å². The summed E-state index contributed by atoms with van der Waals surface area (Å²) < 4.78 is 4.48. The van der Waals surface area contributed by atoms with Crippen molar-refractivity contribution in [1.82, 2.24) is 5.32 Å². The molecule has 0 radical (unpaired) electrons. The van der Waals surface area contributed by atoms with Crippen LogP contribution in [-0.4, -0.2) is 26.0 Å². The summed E-state index contributed by atoms with van der Waals surface area (Å²) in [6.45, 7) is 7.77. The van der Waals surface area contributed by atoms with Crippen molar-refractivity contribution in [2.45, 2.75) is 124 Å². The molecule has 0 rings (SSSR count). The predicted octanol–water partition coefficient (Wildman–Crippen LogP) is 7.37. The number of unbranched alkanes of at least 4 members (excludes halogenated alkanes) is 11. The Hall–Kier alpha value is -1.16. The van der Waals surface area contributed by atoms with E-state index in [-0.39, 0.29) is 0 Å². The fraction of sp³-hybridized carbons (Fsp3) is 0.840. The van der Waals surface area contributed by atoms with Gasteiger partial charge in [0.1, 0.15) is 0 Å². The molecule has 0 unspecified atom stereocenters. The Morgan fingerprint density at radius 2 is 1.10 bits per heavy atom. The quantitative estimate of drug-likeness (QED) is 0.132. The summed E-state index contributed by atoms with van der Waals surface area (Å²) in [5.41, 5.74) is 0. The second-order valence-corrected chi connectivity index (χ2v) is 7.51. The Morgan fingerprint density at radius 1 is 0.724 bits per heavy atom. The van der Waals surface area contributed by atoms with Crippen molar-refractivity contribution >= 4 is 11.9 Å². The summed E-state index contributed by atoms with van der Waals surface area (Å²) in [6, 6.07) is 0. The van der Waals surface area contributed by atoms with Crippen LogP contribution in [0, 0.1) is 0 Å². The Bertz CT molecular complexity index is 352. The Balaban J connectivity index is -0.000000993. The first-order chi connectivity index (χ1) is 14.0. The minimum Gasteiger partial charge on any atom is -0.393 e. The molecular weight excluding hydrogens is 362 g/mol. The molecule has 1 N–H and O–H groups in total. The highest BCUT2D eigenvalue weighted by molar-refractivity contribution is 5.83. The Kier molecular flexibility index (Phi) is 35.3. The van der Waals surface area contributed by atoms with Crippen LogP contribution in [-0.2, 0) is 14.3 Å². The van der Waals surface area contributed by atoms with Crippen LogP contribution in [0.3, 0.4) is 0 Å². The number of ether oxygens (including phenoxy) is 1. The monoisotopic (exact) mass is 413 g/mol. The van der Waals surface area contributed by atoms with Gasteiger partial charge in [0, 0.05) is 13.3 Å². The third-order valence-corrected chi connectivity index (χ3v) is 3.90. The largest absolute Gasteiger partial charge is 0.393 e. The zero-order valence-electron chi connectivity index (χ0n) is 20.5. The van der Waals surface area contributed by atoms with E-state index in [9.17, 15) is 9.59 Å². The second-order valence-electron chi connectivity index (χ2n) is 7.51. The van der Waals surface area contributed by atoms with Gasteiger partial charge in [-0.15, -0.1) is 0 Å². The van der Waals surface area contributed by atoms with Gasteiger partial charge >= 0.3 is 11.9 Å². The van der Waals surface area contributed by atoms with Gasteiger partial charge in [-0.1, -0.05) is 90.7 Å². The van der Waals surface area contributed by atoms with Crippen LogP contribution in [0.5, 0.6) is 0 Å². The molecule has 0 aliphatic carbocycles. The summed E-state index contributed by atoms with van der Waals surface area (Å²) in [5.74, 6) is -0.905. The van der Waals surface area contributed by atoms with Gasteiger partial charge in [-0.2, -0.15) is 0 Å². The SMILES string of the molecule is CCC.CCCCCCCC/C=C\CCCCCCCC(=O)OC(C)=O.CNC. The minimum atomic E-state index is -0.511. The molecule has 0 fully saturated rings. The van der Waals surface area contributed by atoms with Gasteiger partial charge in [-0.25, -0.2) is 0 Å². The molecule has 0 saturated carbocycles. The van der Waals surface area contributed by atoms with Crippen molar-refractivity contribution in [3.63, 3.8) is 0 Å². The molecule has 174 valence electrons. The van der Waals surface area contributed by atoms with Gasteiger partial charge in [-0.3, -0.25) is 9.59 Å². The number of allylic oxidation sites excluding steroid dienone is 2. The summed E-state index contributed by atoms with van der Waals surface area (Å²) >= 11 is 0. The molecule has 4 heteroatoms. The van der Waals surface area contributed by atoms with E-state index in [4.69, 9.17) is 0 Å². The van der Waals surface area contributed by atoms with Gasteiger partial charge in [0.15, 0.2) is 0 Å². The Morgan fingerprint density at radius 3 is 1.52 bits per heavy atom. The van der Waals surface area contributed by atoms with Crippen LogP contribution in [0.15, 0.2) is 12.2 Å². The fourth-order valence-electron chi connectivity index (χ4n) is 2.55. The van der Waals surface area contributed by atoms with Crippen molar-refractivity contribution < 1.29 is 14.3 Å². The third kappa shape index (κ3) is 42.1. The zero-order valence-corrected chi connectivity index (χ0v) is 20.5. The standard InChI is InChI=1S/C20H36O3.C3H8.C2H7N/c1-3-4-5-6-7-8-9-10-11-12-13-14-15-16-17-18-20(22)23-19(2)21;2*1-3-2/h10-11H,3-9,12-18H2,1-2H3;3H2,1-2H3;3H,1-2H3/b11-10-;;. The van der Waals surface area contributed by atoms with Gasteiger partial charge in [0.05, 0.1) is 0 Å². The van der Waals surface area contributed by atoms with Crippen molar-refractivity contribution in [2.75, 3.05) is 14.1 Å². The first-order valence-corrected chi connectivity index (χ1v) is 11.9. The van der Waals surface area contributed by atoms with Crippen LogP contribution in [0.4, 0.5) is 0 Å². The second kappa shape index (κ2) is 31.5. The zero-order chi connectivity index (χ0) is 22.6. The first-order valence-electron chi connectivity index (χ1n) is 11.9. The lowest BCUT2D eigenvalue weighted by atomic mass is 10.1.